The summed E-state index contributed by atoms with van der Waals surface area (Å²) >= 11 is 0. The third-order valence-electron chi connectivity index (χ3n) is 4.57. The Balaban J connectivity index is 2.11. The third-order valence-corrected chi connectivity index (χ3v) is 4.57. The molecule has 0 fully saturated rings. The highest BCUT2D eigenvalue weighted by atomic mass is 16.5. The maximum Gasteiger partial charge on any atom is 0.261 e. The van der Waals surface area contributed by atoms with Gasteiger partial charge < -0.3 is 14.8 Å². The van der Waals surface area contributed by atoms with Crippen molar-refractivity contribution in [1.29, 1.82) is 0 Å². The number of aryl methyl sites for hydroxylation is 2. The van der Waals surface area contributed by atoms with Crippen molar-refractivity contribution in [3.05, 3.63) is 59.2 Å². The monoisotopic (exact) mass is 355 g/mol. The van der Waals surface area contributed by atoms with Gasteiger partial charge in [-0.25, -0.2) is 0 Å². The molecule has 2 aromatic carbocycles. The summed E-state index contributed by atoms with van der Waals surface area (Å²) < 4.78 is 11.3. The van der Waals surface area contributed by atoms with Crippen LogP contribution in [-0.4, -0.2) is 19.1 Å². The first-order valence-electron chi connectivity index (χ1n) is 9.17. The summed E-state index contributed by atoms with van der Waals surface area (Å²) in [6, 6.07) is 13.7. The quantitative estimate of drug-likeness (QED) is 0.744. The summed E-state index contributed by atoms with van der Waals surface area (Å²) in [6.07, 6.45) is 0.904. The number of nitrogens with one attached hydrogen (secondary N) is 1. The van der Waals surface area contributed by atoms with Crippen molar-refractivity contribution in [1.82, 2.24) is 5.32 Å². The van der Waals surface area contributed by atoms with Crippen LogP contribution >= 0.6 is 0 Å². The molecule has 0 saturated heterocycles. The van der Waals surface area contributed by atoms with Gasteiger partial charge in [0.25, 0.3) is 5.91 Å². The Bertz CT molecular complexity index is 742. The molecule has 0 aromatic heterocycles. The Morgan fingerprint density at radius 2 is 1.73 bits per heavy atom. The summed E-state index contributed by atoms with van der Waals surface area (Å²) in [5, 5.41) is 3.13. The van der Waals surface area contributed by atoms with Crippen molar-refractivity contribution < 1.29 is 14.3 Å². The van der Waals surface area contributed by atoms with E-state index >= 15 is 0 Å². The number of carbonyl (C=O) groups is 1. The van der Waals surface area contributed by atoms with Gasteiger partial charge in [0.05, 0.1) is 13.2 Å². The SMILES string of the molecule is CC[C@@H](Oc1ccccc1C)C(=O)N[C@H](CC)c1ccc(OC)c(C)c1. The molecule has 0 unspecified atom stereocenters. The minimum absolute atomic E-state index is 0.0540. The fourth-order valence-corrected chi connectivity index (χ4v) is 2.97. The van der Waals surface area contributed by atoms with E-state index in [-0.39, 0.29) is 11.9 Å². The van der Waals surface area contributed by atoms with Crippen LogP contribution in [0, 0.1) is 13.8 Å². The minimum Gasteiger partial charge on any atom is -0.496 e. The summed E-state index contributed by atoms with van der Waals surface area (Å²) in [6.45, 7) is 8.01. The largest absolute Gasteiger partial charge is 0.496 e. The van der Waals surface area contributed by atoms with E-state index in [9.17, 15) is 4.79 Å². The number of rotatable bonds is 8. The first-order chi connectivity index (χ1) is 12.5. The smallest absolute Gasteiger partial charge is 0.261 e. The average Bonchev–Trinajstić information content (AvgIpc) is 2.65. The van der Waals surface area contributed by atoms with Gasteiger partial charge in [-0.2, -0.15) is 0 Å². The molecule has 1 N–H and O–H groups in total. The van der Waals surface area contributed by atoms with E-state index in [1.165, 1.54) is 0 Å². The number of para-hydroxylation sites is 1. The Labute approximate surface area is 156 Å². The van der Waals surface area contributed by atoms with Gasteiger partial charge in [0.1, 0.15) is 11.5 Å². The molecule has 26 heavy (non-hydrogen) atoms. The van der Waals surface area contributed by atoms with Crippen LogP contribution in [-0.2, 0) is 4.79 Å². The molecule has 0 aliphatic carbocycles. The number of hydrogen-bond donors (Lipinski definition) is 1. The van der Waals surface area contributed by atoms with Crippen LogP contribution in [0.3, 0.4) is 0 Å². The fourth-order valence-electron chi connectivity index (χ4n) is 2.97. The van der Waals surface area contributed by atoms with Gasteiger partial charge in [-0.15, -0.1) is 0 Å². The number of methoxy groups -OCH3 is 1. The molecule has 2 rings (SSSR count). The van der Waals surface area contributed by atoms with Crippen LogP contribution in [0.1, 0.15) is 49.4 Å². The van der Waals surface area contributed by atoms with E-state index in [4.69, 9.17) is 9.47 Å². The maximum atomic E-state index is 12.8. The number of carbonyl (C=O) groups excluding carboxylic acids is 1. The van der Waals surface area contributed by atoms with E-state index in [0.29, 0.717) is 6.42 Å². The summed E-state index contributed by atoms with van der Waals surface area (Å²) in [5.41, 5.74) is 3.15. The van der Waals surface area contributed by atoms with Crippen molar-refractivity contribution in [2.24, 2.45) is 0 Å². The minimum atomic E-state index is -0.510. The third kappa shape index (κ3) is 4.78. The zero-order chi connectivity index (χ0) is 19.1. The van der Waals surface area contributed by atoms with Crippen molar-refractivity contribution in [3.63, 3.8) is 0 Å². The summed E-state index contributed by atoms with van der Waals surface area (Å²) in [7, 11) is 1.66. The topological polar surface area (TPSA) is 47.6 Å². The van der Waals surface area contributed by atoms with Gasteiger partial charge in [0, 0.05) is 0 Å². The summed E-state index contributed by atoms with van der Waals surface area (Å²) in [5.74, 6) is 1.52. The van der Waals surface area contributed by atoms with E-state index in [1.54, 1.807) is 7.11 Å². The molecule has 0 radical (unpaired) electrons. The van der Waals surface area contributed by atoms with Crippen LogP contribution in [0.2, 0.25) is 0 Å². The van der Waals surface area contributed by atoms with E-state index < -0.39 is 6.10 Å². The molecule has 0 heterocycles. The molecule has 4 nitrogen and oxygen atoms in total. The lowest BCUT2D eigenvalue weighted by Gasteiger charge is -2.23. The normalized spacial score (nSPS) is 13.0. The van der Waals surface area contributed by atoms with E-state index in [1.807, 2.05) is 57.2 Å². The lowest BCUT2D eigenvalue weighted by Crippen LogP contribution is -2.40. The second kappa shape index (κ2) is 9.27. The molecule has 0 aliphatic heterocycles. The highest BCUT2D eigenvalue weighted by Crippen LogP contribution is 2.25. The Morgan fingerprint density at radius 1 is 1.00 bits per heavy atom. The lowest BCUT2D eigenvalue weighted by molar-refractivity contribution is -0.129. The summed E-state index contributed by atoms with van der Waals surface area (Å²) in [4.78, 5) is 12.8. The molecule has 0 spiro atoms. The molecule has 0 aliphatic rings. The Kier molecular flexibility index (Phi) is 7.07. The van der Waals surface area contributed by atoms with Gasteiger partial charge in [-0.3, -0.25) is 4.79 Å². The predicted octanol–water partition coefficient (Wildman–Crippen LogP) is 4.74. The van der Waals surface area contributed by atoms with E-state index in [2.05, 4.69) is 18.3 Å². The highest BCUT2D eigenvalue weighted by molar-refractivity contribution is 5.81. The second-order valence-electron chi connectivity index (χ2n) is 6.48. The molecule has 1 amide bonds. The predicted molar refractivity (Wildman–Crippen MR) is 105 cm³/mol. The van der Waals surface area contributed by atoms with Gasteiger partial charge in [0.15, 0.2) is 6.10 Å². The van der Waals surface area contributed by atoms with Crippen LogP contribution < -0.4 is 14.8 Å². The Morgan fingerprint density at radius 3 is 2.31 bits per heavy atom. The zero-order valence-corrected chi connectivity index (χ0v) is 16.3. The number of hydrogen-bond acceptors (Lipinski definition) is 3. The average molecular weight is 355 g/mol. The molecule has 140 valence electrons. The van der Waals surface area contributed by atoms with Crippen LogP contribution in [0.25, 0.3) is 0 Å². The van der Waals surface area contributed by atoms with Crippen molar-refractivity contribution >= 4 is 5.91 Å². The van der Waals surface area contributed by atoms with Crippen molar-refractivity contribution in [2.45, 2.75) is 52.7 Å². The number of amides is 1. The van der Waals surface area contributed by atoms with Gasteiger partial charge in [-0.1, -0.05) is 44.2 Å². The second-order valence-corrected chi connectivity index (χ2v) is 6.48. The standard InChI is InChI=1S/C22H29NO3/c1-6-18(17-12-13-20(25-5)16(4)14-17)23-22(24)19(7-2)26-21-11-9-8-10-15(21)3/h8-14,18-19H,6-7H2,1-5H3,(H,23,24)/t18-,19-/m1/s1. The van der Waals surface area contributed by atoms with Gasteiger partial charge >= 0.3 is 0 Å². The van der Waals surface area contributed by atoms with Crippen molar-refractivity contribution in [3.8, 4) is 11.5 Å². The highest BCUT2D eigenvalue weighted by Gasteiger charge is 2.22. The van der Waals surface area contributed by atoms with Crippen LogP contribution in [0.5, 0.6) is 11.5 Å². The molecule has 2 aromatic rings. The zero-order valence-electron chi connectivity index (χ0n) is 16.3. The first kappa shape index (κ1) is 19.8. The fraction of sp³-hybridized carbons (Fsp3) is 0.409. The van der Waals surface area contributed by atoms with Crippen LogP contribution in [0.15, 0.2) is 42.5 Å². The molecular weight excluding hydrogens is 326 g/mol. The molecule has 0 bridgehead atoms. The number of ether oxygens (including phenoxy) is 2. The maximum absolute atomic E-state index is 12.8. The molecule has 4 heteroatoms. The first-order valence-corrected chi connectivity index (χ1v) is 9.17. The van der Waals surface area contributed by atoms with Gasteiger partial charge in [-0.05, 0) is 55.5 Å². The molecule has 2 atom stereocenters. The lowest BCUT2D eigenvalue weighted by atomic mass is 10.0. The van der Waals surface area contributed by atoms with Crippen LogP contribution in [0.4, 0.5) is 0 Å². The molecular formula is C22H29NO3. The van der Waals surface area contributed by atoms with Crippen molar-refractivity contribution in [2.75, 3.05) is 7.11 Å². The Hall–Kier alpha value is -2.49. The van der Waals surface area contributed by atoms with E-state index in [0.717, 1.165) is 34.6 Å². The number of benzene rings is 2. The molecule has 0 saturated carbocycles. The van der Waals surface area contributed by atoms with Gasteiger partial charge in [0.2, 0.25) is 0 Å².